The largest absolute Gasteiger partial charge is 0.447 e. The Morgan fingerprint density at radius 2 is 1.80 bits per heavy atom. The zero-order valence-corrected chi connectivity index (χ0v) is 18.7. The number of hydrogen-bond acceptors (Lipinski definition) is 4. The number of rotatable bonds is 7. The molecule has 2 aromatic rings. The zero-order valence-electron chi connectivity index (χ0n) is 18.7. The number of aryl methyl sites for hydroxylation is 1. The number of aromatic nitrogens is 1. The van der Waals surface area contributed by atoms with Gasteiger partial charge in [-0.05, 0) is 86.4 Å². The molecule has 0 unspecified atom stereocenters. The number of pyridine rings is 1. The lowest BCUT2D eigenvalue weighted by molar-refractivity contribution is 0.0644. The molecule has 5 heteroatoms. The van der Waals surface area contributed by atoms with Gasteiger partial charge in [-0.1, -0.05) is 19.1 Å². The molecule has 0 spiro atoms. The quantitative estimate of drug-likeness (QED) is 0.684. The van der Waals surface area contributed by atoms with E-state index in [1.807, 2.05) is 33.3 Å². The van der Waals surface area contributed by atoms with Gasteiger partial charge in [0, 0.05) is 38.1 Å². The van der Waals surface area contributed by atoms with Crippen molar-refractivity contribution >= 4 is 6.09 Å². The van der Waals surface area contributed by atoms with E-state index in [1.165, 1.54) is 22.3 Å². The lowest BCUT2D eigenvalue weighted by Crippen LogP contribution is -2.43. The smallest absolute Gasteiger partial charge is 0.410 e. The predicted octanol–water partition coefficient (Wildman–Crippen LogP) is 5.19. The minimum absolute atomic E-state index is 0.0753. The topological polar surface area (TPSA) is 54.5 Å². The molecule has 1 aliphatic rings. The summed E-state index contributed by atoms with van der Waals surface area (Å²) in [6, 6.07) is 11.6. The van der Waals surface area contributed by atoms with Crippen LogP contribution in [0, 0.1) is 0 Å². The van der Waals surface area contributed by atoms with Crippen molar-refractivity contribution in [3.8, 4) is 11.1 Å². The van der Waals surface area contributed by atoms with E-state index in [2.05, 4.69) is 47.6 Å². The summed E-state index contributed by atoms with van der Waals surface area (Å²) in [7, 11) is 1.86. The SMILES string of the molecule is CCc1ccc(-c2ccncc2)cc1CNC1CCC(N(C)C(=O)OC(C)C)CC1. The third-order valence-electron chi connectivity index (χ3n) is 6.05. The maximum atomic E-state index is 12.1. The van der Waals surface area contributed by atoms with Crippen LogP contribution in [0.15, 0.2) is 42.7 Å². The highest BCUT2D eigenvalue weighted by atomic mass is 16.6. The van der Waals surface area contributed by atoms with Gasteiger partial charge in [0.05, 0.1) is 6.10 Å². The van der Waals surface area contributed by atoms with Crippen LogP contribution in [0.5, 0.6) is 0 Å². The fraction of sp³-hybridized carbons (Fsp3) is 0.520. The van der Waals surface area contributed by atoms with Gasteiger partial charge < -0.3 is 15.0 Å². The molecule has 1 N–H and O–H groups in total. The molecular formula is C25H35N3O2. The second-order valence-electron chi connectivity index (χ2n) is 8.50. The van der Waals surface area contributed by atoms with Gasteiger partial charge in [0.1, 0.15) is 0 Å². The average Bonchev–Trinajstić information content (AvgIpc) is 2.77. The number of carbonyl (C=O) groups is 1. The fourth-order valence-electron chi connectivity index (χ4n) is 4.21. The standard InChI is InChI=1S/C25H35N3O2/c1-5-19-6-7-21(20-12-14-26-15-13-20)16-22(19)17-27-23-8-10-24(11-9-23)28(4)25(29)30-18(2)3/h6-7,12-16,18,23-24,27H,5,8-11,17H2,1-4H3. The van der Waals surface area contributed by atoms with Crippen molar-refractivity contribution in [2.75, 3.05) is 7.05 Å². The van der Waals surface area contributed by atoms with Crippen LogP contribution in [-0.4, -0.2) is 41.2 Å². The summed E-state index contributed by atoms with van der Waals surface area (Å²) in [6.45, 7) is 6.87. The van der Waals surface area contributed by atoms with Crippen molar-refractivity contribution in [3.63, 3.8) is 0 Å². The summed E-state index contributed by atoms with van der Waals surface area (Å²) in [6.07, 6.45) is 8.61. The maximum Gasteiger partial charge on any atom is 0.410 e. The van der Waals surface area contributed by atoms with Gasteiger partial charge in [0.15, 0.2) is 0 Å². The van der Waals surface area contributed by atoms with Crippen LogP contribution in [0.25, 0.3) is 11.1 Å². The molecule has 1 heterocycles. The molecule has 1 amide bonds. The summed E-state index contributed by atoms with van der Waals surface area (Å²) in [4.78, 5) is 18.1. The van der Waals surface area contributed by atoms with Crippen LogP contribution in [0.4, 0.5) is 4.79 Å². The second-order valence-corrected chi connectivity index (χ2v) is 8.50. The summed E-state index contributed by atoms with van der Waals surface area (Å²) >= 11 is 0. The molecule has 0 aliphatic heterocycles. The molecule has 1 aromatic carbocycles. The third-order valence-corrected chi connectivity index (χ3v) is 6.05. The Morgan fingerprint density at radius 1 is 1.10 bits per heavy atom. The average molecular weight is 410 g/mol. The van der Waals surface area contributed by atoms with Crippen molar-refractivity contribution in [3.05, 3.63) is 53.9 Å². The summed E-state index contributed by atoms with van der Waals surface area (Å²) < 4.78 is 5.34. The molecule has 0 bridgehead atoms. The molecule has 3 rings (SSSR count). The molecule has 1 aromatic heterocycles. The molecule has 162 valence electrons. The van der Waals surface area contributed by atoms with E-state index in [4.69, 9.17) is 4.74 Å². The Morgan fingerprint density at radius 3 is 2.43 bits per heavy atom. The Bertz CT molecular complexity index is 814. The van der Waals surface area contributed by atoms with E-state index in [0.29, 0.717) is 6.04 Å². The van der Waals surface area contributed by atoms with Crippen LogP contribution in [0.1, 0.15) is 57.6 Å². The van der Waals surface area contributed by atoms with Crippen molar-refractivity contribution in [1.29, 1.82) is 0 Å². The number of amides is 1. The number of carbonyl (C=O) groups excluding carboxylic acids is 1. The molecule has 0 radical (unpaired) electrons. The molecule has 1 fully saturated rings. The van der Waals surface area contributed by atoms with Gasteiger partial charge in [0.25, 0.3) is 0 Å². The van der Waals surface area contributed by atoms with E-state index < -0.39 is 0 Å². The van der Waals surface area contributed by atoms with E-state index in [0.717, 1.165) is 38.6 Å². The molecule has 30 heavy (non-hydrogen) atoms. The summed E-state index contributed by atoms with van der Waals surface area (Å²) in [5, 5.41) is 3.77. The Labute approximate surface area is 180 Å². The maximum absolute atomic E-state index is 12.1. The first-order valence-corrected chi connectivity index (χ1v) is 11.2. The normalized spacial score (nSPS) is 19.0. The van der Waals surface area contributed by atoms with Gasteiger partial charge in [-0.15, -0.1) is 0 Å². The van der Waals surface area contributed by atoms with Crippen LogP contribution < -0.4 is 5.32 Å². The van der Waals surface area contributed by atoms with Crippen LogP contribution in [0.2, 0.25) is 0 Å². The molecule has 1 saturated carbocycles. The highest BCUT2D eigenvalue weighted by molar-refractivity contribution is 5.67. The molecule has 0 atom stereocenters. The Hall–Kier alpha value is -2.40. The minimum Gasteiger partial charge on any atom is -0.447 e. The number of nitrogens with one attached hydrogen (secondary N) is 1. The van der Waals surface area contributed by atoms with E-state index in [9.17, 15) is 4.79 Å². The summed E-state index contributed by atoms with van der Waals surface area (Å²) in [5.74, 6) is 0. The number of ether oxygens (including phenoxy) is 1. The second kappa shape index (κ2) is 10.6. The first-order valence-electron chi connectivity index (χ1n) is 11.2. The van der Waals surface area contributed by atoms with Gasteiger partial charge in [0.2, 0.25) is 0 Å². The third kappa shape index (κ3) is 5.82. The Balaban J connectivity index is 1.56. The monoisotopic (exact) mass is 409 g/mol. The number of benzene rings is 1. The minimum atomic E-state index is -0.207. The van der Waals surface area contributed by atoms with Crippen LogP contribution >= 0.6 is 0 Å². The number of hydrogen-bond donors (Lipinski definition) is 1. The zero-order chi connectivity index (χ0) is 21.5. The van der Waals surface area contributed by atoms with Crippen molar-refractivity contribution < 1.29 is 9.53 Å². The van der Waals surface area contributed by atoms with E-state index >= 15 is 0 Å². The van der Waals surface area contributed by atoms with E-state index in [-0.39, 0.29) is 18.2 Å². The van der Waals surface area contributed by atoms with Gasteiger partial charge in [-0.25, -0.2) is 4.79 Å². The molecule has 1 aliphatic carbocycles. The predicted molar refractivity (Wildman–Crippen MR) is 121 cm³/mol. The van der Waals surface area contributed by atoms with E-state index in [1.54, 1.807) is 4.90 Å². The highest BCUT2D eigenvalue weighted by Gasteiger charge is 2.27. The first kappa shape index (κ1) is 22.3. The van der Waals surface area contributed by atoms with Crippen LogP contribution in [0.3, 0.4) is 0 Å². The van der Waals surface area contributed by atoms with Crippen molar-refractivity contribution in [2.45, 2.75) is 77.6 Å². The van der Waals surface area contributed by atoms with Crippen molar-refractivity contribution in [2.24, 2.45) is 0 Å². The van der Waals surface area contributed by atoms with Crippen LogP contribution in [-0.2, 0) is 17.7 Å². The van der Waals surface area contributed by atoms with Gasteiger partial charge >= 0.3 is 6.09 Å². The highest BCUT2D eigenvalue weighted by Crippen LogP contribution is 2.25. The summed E-state index contributed by atoms with van der Waals surface area (Å²) in [5.41, 5.74) is 5.20. The lowest BCUT2D eigenvalue weighted by atomic mass is 9.90. The molecule has 5 nitrogen and oxygen atoms in total. The lowest BCUT2D eigenvalue weighted by Gasteiger charge is -2.35. The number of nitrogens with zero attached hydrogens (tertiary/aromatic N) is 2. The van der Waals surface area contributed by atoms with Gasteiger partial charge in [-0.2, -0.15) is 0 Å². The van der Waals surface area contributed by atoms with Gasteiger partial charge in [-0.3, -0.25) is 4.98 Å². The fourth-order valence-corrected chi connectivity index (χ4v) is 4.21. The first-order chi connectivity index (χ1) is 14.5. The van der Waals surface area contributed by atoms with Crippen molar-refractivity contribution in [1.82, 2.24) is 15.2 Å². The Kier molecular flexibility index (Phi) is 7.86. The molecular weight excluding hydrogens is 374 g/mol. The molecule has 0 saturated heterocycles.